The minimum absolute atomic E-state index is 0.0713. The highest BCUT2D eigenvalue weighted by Gasteiger charge is 2.49. The smallest absolute Gasteiger partial charge is 0.314 e. The van der Waals surface area contributed by atoms with Crippen LogP contribution in [0.15, 0.2) is 18.5 Å². The Kier molecular flexibility index (Phi) is 6.46. The van der Waals surface area contributed by atoms with E-state index in [4.69, 9.17) is 0 Å². The van der Waals surface area contributed by atoms with E-state index in [1.807, 2.05) is 6.92 Å². The molecular formula is C19H29N5O4. The topological polar surface area (TPSA) is 110 Å². The molecule has 0 unspecified atom stereocenters. The van der Waals surface area contributed by atoms with Crippen LogP contribution in [0.2, 0.25) is 0 Å². The number of carbonyl (C=O) groups is 2. The van der Waals surface area contributed by atoms with Gasteiger partial charge < -0.3 is 20.0 Å². The fourth-order valence-electron chi connectivity index (χ4n) is 4.15. The number of nitrogens with zero attached hydrogens (tertiary/aromatic N) is 5. The highest BCUT2D eigenvalue weighted by Crippen LogP contribution is 2.35. The molecule has 0 saturated carbocycles. The van der Waals surface area contributed by atoms with Crippen molar-refractivity contribution in [2.75, 3.05) is 50.7 Å². The van der Waals surface area contributed by atoms with Crippen LogP contribution in [-0.4, -0.2) is 93.8 Å². The Bertz CT molecular complexity index is 680. The van der Waals surface area contributed by atoms with E-state index in [2.05, 4.69) is 19.8 Å². The summed E-state index contributed by atoms with van der Waals surface area (Å²) >= 11 is 0. The number of carboxylic acid groups (broad SMARTS) is 1. The summed E-state index contributed by atoms with van der Waals surface area (Å²) in [4.78, 5) is 39.0. The minimum Gasteiger partial charge on any atom is -0.481 e. The first-order valence-electron chi connectivity index (χ1n) is 9.90. The van der Waals surface area contributed by atoms with Gasteiger partial charge in [-0.2, -0.15) is 0 Å². The first-order chi connectivity index (χ1) is 13.5. The molecule has 3 rings (SSSR count). The van der Waals surface area contributed by atoms with Gasteiger partial charge in [0.05, 0.1) is 12.6 Å². The van der Waals surface area contributed by atoms with Crippen molar-refractivity contribution >= 4 is 17.8 Å². The van der Waals surface area contributed by atoms with Gasteiger partial charge in [-0.15, -0.1) is 0 Å². The summed E-state index contributed by atoms with van der Waals surface area (Å²) in [5, 5.41) is 20.1. The molecule has 1 aromatic rings. The first-order valence-corrected chi connectivity index (χ1v) is 9.90. The number of aliphatic hydroxyl groups excluding tert-OH is 1. The molecule has 2 aliphatic rings. The Balaban J connectivity index is 1.56. The summed E-state index contributed by atoms with van der Waals surface area (Å²) in [5.74, 6) is -0.391. The lowest BCUT2D eigenvalue weighted by atomic mass is 9.74. The molecule has 2 fully saturated rings. The van der Waals surface area contributed by atoms with E-state index in [-0.39, 0.29) is 19.0 Å². The van der Waals surface area contributed by atoms with Gasteiger partial charge in [0.25, 0.3) is 0 Å². The number of hydrogen-bond acceptors (Lipinski definition) is 7. The number of amides is 1. The van der Waals surface area contributed by atoms with Crippen LogP contribution in [0.1, 0.15) is 26.2 Å². The van der Waals surface area contributed by atoms with Crippen LogP contribution < -0.4 is 4.90 Å². The predicted octanol–water partition coefficient (Wildman–Crippen LogP) is 0.0629. The largest absolute Gasteiger partial charge is 0.481 e. The van der Waals surface area contributed by atoms with E-state index in [0.29, 0.717) is 31.8 Å². The molecule has 154 valence electrons. The molecule has 3 heterocycles. The molecular weight excluding hydrogens is 362 g/mol. The Labute approximate surface area is 165 Å². The third kappa shape index (κ3) is 4.25. The van der Waals surface area contributed by atoms with E-state index in [0.717, 1.165) is 26.2 Å². The van der Waals surface area contributed by atoms with Crippen molar-refractivity contribution in [1.82, 2.24) is 19.8 Å². The Hall–Kier alpha value is -2.26. The second-order valence-corrected chi connectivity index (χ2v) is 7.64. The molecule has 0 aromatic carbocycles. The fraction of sp³-hybridized carbons (Fsp3) is 0.684. The first kappa shape index (κ1) is 20.5. The van der Waals surface area contributed by atoms with Gasteiger partial charge in [-0.25, -0.2) is 9.97 Å². The number of piperazine rings is 1. The summed E-state index contributed by atoms with van der Waals surface area (Å²) in [5.41, 5.74) is -1.26. The number of aromatic nitrogens is 2. The lowest BCUT2D eigenvalue weighted by Crippen LogP contribution is -2.59. The van der Waals surface area contributed by atoms with Crippen molar-refractivity contribution in [1.29, 1.82) is 0 Å². The molecule has 2 saturated heterocycles. The predicted molar refractivity (Wildman–Crippen MR) is 103 cm³/mol. The molecule has 0 radical (unpaired) electrons. The van der Waals surface area contributed by atoms with Crippen LogP contribution in [0.4, 0.5) is 5.95 Å². The van der Waals surface area contributed by atoms with E-state index in [1.54, 1.807) is 23.4 Å². The van der Waals surface area contributed by atoms with Crippen LogP contribution in [0.3, 0.4) is 0 Å². The second-order valence-electron chi connectivity index (χ2n) is 7.64. The maximum absolute atomic E-state index is 12.8. The van der Waals surface area contributed by atoms with Crippen LogP contribution in [0.25, 0.3) is 0 Å². The van der Waals surface area contributed by atoms with Gasteiger partial charge >= 0.3 is 5.97 Å². The van der Waals surface area contributed by atoms with Gasteiger partial charge in [-0.05, 0) is 18.9 Å². The maximum atomic E-state index is 12.8. The van der Waals surface area contributed by atoms with Crippen LogP contribution >= 0.6 is 0 Å². The average Bonchev–Trinajstić information content (AvgIpc) is 2.71. The molecule has 2 aliphatic heterocycles. The standard InChI is InChI=1S/C19H29N5O4/c1-2-5-19(17(27)28)14-24(8-4-15(19)25)16(26)13-22-9-11-23(12-10-22)18-20-6-3-7-21-18/h3,6-7,15,25H,2,4-5,8-14H2,1H3,(H,27,28)/t15-,19-/m1/s1. The average molecular weight is 391 g/mol. The number of rotatable bonds is 6. The van der Waals surface area contributed by atoms with Gasteiger partial charge in [0.1, 0.15) is 5.41 Å². The molecule has 9 heteroatoms. The highest BCUT2D eigenvalue weighted by atomic mass is 16.4. The molecule has 0 spiro atoms. The van der Waals surface area contributed by atoms with Crippen molar-refractivity contribution in [2.24, 2.45) is 5.41 Å². The molecule has 2 atom stereocenters. The van der Waals surface area contributed by atoms with Crippen molar-refractivity contribution in [3.05, 3.63) is 18.5 Å². The summed E-state index contributed by atoms with van der Waals surface area (Å²) in [6.45, 7) is 5.56. The van der Waals surface area contributed by atoms with Crippen molar-refractivity contribution in [3.8, 4) is 0 Å². The van der Waals surface area contributed by atoms with E-state index in [9.17, 15) is 19.8 Å². The lowest BCUT2D eigenvalue weighted by Gasteiger charge is -2.44. The SMILES string of the molecule is CCC[C@@]1(C(=O)O)CN(C(=O)CN2CCN(c3ncccn3)CC2)CC[C@H]1O. The maximum Gasteiger partial charge on any atom is 0.314 e. The van der Waals surface area contributed by atoms with Gasteiger partial charge in [0.15, 0.2) is 0 Å². The third-order valence-corrected chi connectivity index (χ3v) is 5.82. The summed E-state index contributed by atoms with van der Waals surface area (Å²) in [7, 11) is 0. The number of hydrogen-bond donors (Lipinski definition) is 2. The summed E-state index contributed by atoms with van der Waals surface area (Å²) < 4.78 is 0. The number of carbonyl (C=O) groups excluding carboxylic acids is 1. The second kappa shape index (κ2) is 8.83. The number of piperidine rings is 1. The monoisotopic (exact) mass is 391 g/mol. The Morgan fingerprint density at radius 2 is 1.86 bits per heavy atom. The minimum atomic E-state index is -1.26. The van der Waals surface area contributed by atoms with Gasteiger partial charge in [0.2, 0.25) is 11.9 Å². The number of carboxylic acids is 1. The molecule has 9 nitrogen and oxygen atoms in total. The van der Waals surface area contributed by atoms with Gasteiger partial charge in [0, 0.05) is 51.7 Å². The van der Waals surface area contributed by atoms with Crippen molar-refractivity contribution < 1.29 is 19.8 Å². The molecule has 0 bridgehead atoms. The lowest BCUT2D eigenvalue weighted by molar-refractivity contribution is -0.167. The number of aliphatic carboxylic acids is 1. The number of anilines is 1. The Morgan fingerprint density at radius 3 is 2.46 bits per heavy atom. The van der Waals surface area contributed by atoms with Crippen LogP contribution in [0.5, 0.6) is 0 Å². The fourth-order valence-corrected chi connectivity index (χ4v) is 4.15. The van der Waals surface area contributed by atoms with Crippen molar-refractivity contribution in [2.45, 2.75) is 32.3 Å². The molecule has 2 N–H and O–H groups in total. The summed E-state index contributed by atoms with van der Waals surface area (Å²) in [6.07, 6.45) is 3.83. The molecule has 1 amide bonds. The molecule has 1 aromatic heterocycles. The molecule has 0 aliphatic carbocycles. The van der Waals surface area contributed by atoms with Crippen LogP contribution in [-0.2, 0) is 9.59 Å². The number of likely N-dealkylation sites (tertiary alicyclic amines) is 1. The highest BCUT2D eigenvalue weighted by molar-refractivity contribution is 5.81. The molecule has 28 heavy (non-hydrogen) atoms. The van der Waals surface area contributed by atoms with Gasteiger partial charge in [-0.1, -0.05) is 13.3 Å². The zero-order valence-corrected chi connectivity index (χ0v) is 16.3. The quantitative estimate of drug-likeness (QED) is 0.701. The third-order valence-electron chi connectivity index (χ3n) is 5.82. The van der Waals surface area contributed by atoms with Crippen LogP contribution in [0, 0.1) is 5.41 Å². The van der Waals surface area contributed by atoms with Gasteiger partial charge in [-0.3, -0.25) is 14.5 Å². The number of aliphatic hydroxyl groups is 1. The van der Waals surface area contributed by atoms with E-state index < -0.39 is 17.5 Å². The Morgan fingerprint density at radius 1 is 1.18 bits per heavy atom. The van der Waals surface area contributed by atoms with Crippen molar-refractivity contribution in [3.63, 3.8) is 0 Å². The normalized spacial score (nSPS) is 26.3. The summed E-state index contributed by atoms with van der Waals surface area (Å²) in [6, 6.07) is 1.78. The zero-order chi connectivity index (χ0) is 20.1. The van der Waals surface area contributed by atoms with E-state index in [1.165, 1.54) is 0 Å². The zero-order valence-electron chi connectivity index (χ0n) is 16.3. The van der Waals surface area contributed by atoms with E-state index >= 15 is 0 Å².